The molecule has 2 heterocycles. The van der Waals surface area contributed by atoms with E-state index in [1.54, 1.807) is 11.8 Å². The first-order valence-electron chi connectivity index (χ1n) is 11.1. The summed E-state index contributed by atoms with van der Waals surface area (Å²) in [6.45, 7) is 1.49. The number of alkyl halides is 2. The lowest BCUT2D eigenvalue weighted by atomic mass is 10.0. The highest BCUT2D eigenvalue weighted by Gasteiger charge is 2.40. The van der Waals surface area contributed by atoms with Crippen LogP contribution in [-0.4, -0.2) is 41.1 Å². The number of ether oxygens (including phenoxy) is 2. The molecule has 1 N–H and O–H groups in total. The predicted octanol–water partition coefficient (Wildman–Crippen LogP) is 5.43. The Bertz CT molecular complexity index is 1100. The fourth-order valence-electron chi connectivity index (χ4n) is 4.24. The zero-order valence-corrected chi connectivity index (χ0v) is 19.2. The van der Waals surface area contributed by atoms with Crippen LogP contribution in [0.5, 0.6) is 5.75 Å². The molecule has 3 aliphatic rings. The molecule has 2 fully saturated rings. The number of aryl methyl sites for hydroxylation is 1. The monoisotopic (exact) mass is 477 g/mol. The summed E-state index contributed by atoms with van der Waals surface area (Å²) in [6.07, 6.45) is 3.74. The summed E-state index contributed by atoms with van der Waals surface area (Å²) in [7, 11) is 0. The molecule has 176 valence electrons. The van der Waals surface area contributed by atoms with Crippen molar-refractivity contribution in [2.24, 2.45) is 11.8 Å². The number of hydrogen-bond donors (Lipinski definition) is 1. The third-order valence-electron chi connectivity index (χ3n) is 6.43. The van der Waals surface area contributed by atoms with Crippen LogP contribution in [0.15, 0.2) is 12.1 Å². The minimum Gasteiger partial charge on any atom is -0.449 e. The fourth-order valence-corrected chi connectivity index (χ4v) is 5.18. The Morgan fingerprint density at radius 1 is 1.30 bits per heavy atom. The summed E-state index contributed by atoms with van der Waals surface area (Å²) in [5.74, 6) is 0.515. The van der Waals surface area contributed by atoms with Gasteiger partial charge >= 0.3 is 12.7 Å². The van der Waals surface area contributed by atoms with Crippen molar-refractivity contribution in [1.82, 2.24) is 9.88 Å². The molecule has 0 saturated heterocycles. The molecular weight excluding hydrogens is 452 g/mol. The second kappa shape index (κ2) is 8.55. The van der Waals surface area contributed by atoms with E-state index >= 15 is 0 Å². The van der Waals surface area contributed by atoms with Crippen molar-refractivity contribution in [3.8, 4) is 16.2 Å². The number of benzene rings is 1. The number of anilines is 1. The molecule has 1 aliphatic heterocycles. The Hall–Kier alpha value is -2.75. The van der Waals surface area contributed by atoms with Crippen LogP contribution in [0.1, 0.15) is 54.2 Å². The number of carbonyl (C=O) groups is 2. The first-order chi connectivity index (χ1) is 15.8. The largest absolute Gasteiger partial charge is 0.449 e. The van der Waals surface area contributed by atoms with E-state index in [0.717, 1.165) is 25.7 Å². The standard InChI is InChI=1S/C23H25F2N3O4S/c1-11-19(33-22(26-11)27-23(30)31-10-13-3-4-13)15-7-16-9-28(12(2)14-5-6-14)20(29)18(16)17(8-15)32-21(24)25/h7-8,12-14,21H,3-6,9-10H2,1-2H3,(H,26,27,30)/t12-/m0/s1. The highest BCUT2D eigenvalue weighted by Crippen LogP contribution is 2.43. The highest BCUT2D eigenvalue weighted by atomic mass is 32.1. The van der Waals surface area contributed by atoms with Gasteiger partial charge in [-0.2, -0.15) is 8.78 Å². The van der Waals surface area contributed by atoms with Gasteiger partial charge in [0.15, 0.2) is 5.13 Å². The third kappa shape index (κ3) is 4.66. The number of fused-ring (bicyclic) bond motifs is 1. The predicted molar refractivity (Wildman–Crippen MR) is 119 cm³/mol. The Morgan fingerprint density at radius 3 is 2.73 bits per heavy atom. The summed E-state index contributed by atoms with van der Waals surface area (Å²) in [4.78, 5) is 31.9. The van der Waals surface area contributed by atoms with Gasteiger partial charge in [0.05, 0.1) is 22.7 Å². The quantitative estimate of drug-likeness (QED) is 0.548. The van der Waals surface area contributed by atoms with Gasteiger partial charge in [0.2, 0.25) is 0 Å². The van der Waals surface area contributed by atoms with E-state index in [4.69, 9.17) is 9.47 Å². The molecule has 2 saturated carbocycles. The van der Waals surface area contributed by atoms with Crippen molar-refractivity contribution < 1.29 is 27.8 Å². The molecule has 1 aromatic heterocycles. The SMILES string of the molecule is Cc1nc(NC(=O)OCC2CC2)sc1-c1cc2c(c(OC(F)F)c1)C(=O)N([C@@H](C)C1CC1)C2. The molecule has 2 amide bonds. The van der Waals surface area contributed by atoms with Gasteiger partial charge in [-0.3, -0.25) is 10.1 Å². The Morgan fingerprint density at radius 2 is 2.06 bits per heavy atom. The van der Waals surface area contributed by atoms with Crippen LogP contribution in [0, 0.1) is 18.8 Å². The summed E-state index contributed by atoms with van der Waals surface area (Å²) < 4.78 is 36.3. The number of rotatable bonds is 8. The molecular formula is C23H25F2N3O4S. The third-order valence-corrected chi connectivity index (χ3v) is 7.55. The van der Waals surface area contributed by atoms with Crippen molar-refractivity contribution in [2.45, 2.75) is 58.7 Å². The summed E-state index contributed by atoms with van der Waals surface area (Å²) in [5.41, 5.74) is 2.11. The number of hydrogen-bond acceptors (Lipinski definition) is 6. The van der Waals surface area contributed by atoms with E-state index in [2.05, 4.69) is 10.3 Å². The van der Waals surface area contributed by atoms with Crippen molar-refractivity contribution in [3.05, 3.63) is 29.0 Å². The summed E-state index contributed by atoms with van der Waals surface area (Å²) in [5, 5.41) is 3.00. The average molecular weight is 478 g/mol. The maximum Gasteiger partial charge on any atom is 0.413 e. The number of thiazole rings is 1. The Balaban J connectivity index is 1.42. The van der Waals surface area contributed by atoms with Gasteiger partial charge in [-0.1, -0.05) is 11.3 Å². The van der Waals surface area contributed by atoms with Crippen LogP contribution < -0.4 is 10.1 Å². The van der Waals surface area contributed by atoms with Crippen LogP contribution in [0.2, 0.25) is 0 Å². The average Bonchev–Trinajstić information content (AvgIpc) is 3.67. The van der Waals surface area contributed by atoms with E-state index in [1.165, 1.54) is 17.4 Å². The molecule has 10 heteroatoms. The summed E-state index contributed by atoms with van der Waals surface area (Å²) in [6, 6.07) is 3.35. The molecule has 5 rings (SSSR count). The topological polar surface area (TPSA) is 80.8 Å². The smallest absolute Gasteiger partial charge is 0.413 e. The van der Waals surface area contributed by atoms with Crippen molar-refractivity contribution in [1.29, 1.82) is 0 Å². The van der Waals surface area contributed by atoms with Crippen LogP contribution in [0.3, 0.4) is 0 Å². The number of carbonyl (C=O) groups excluding carboxylic acids is 2. The van der Waals surface area contributed by atoms with Crippen molar-refractivity contribution in [2.75, 3.05) is 11.9 Å². The minimum atomic E-state index is -3.05. The fraction of sp³-hybridized carbons (Fsp3) is 0.522. The maximum atomic E-state index is 13.2. The number of amides is 2. The van der Waals surface area contributed by atoms with Gasteiger partial charge in [0.1, 0.15) is 5.75 Å². The second-order valence-electron chi connectivity index (χ2n) is 9.00. The van der Waals surface area contributed by atoms with Crippen LogP contribution in [-0.2, 0) is 11.3 Å². The zero-order valence-electron chi connectivity index (χ0n) is 18.4. The number of nitrogens with zero attached hydrogens (tertiary/aromatic N) is 2. The van der Waals surface area contributed by atoms with Crippen molar-refractivity contribution >= 4 is 28.5 Å². The Kier molecular flexibility index (Phi) is 5.72. The van der Waals surface area contributed by atoms with Gasteiger partial charge < -0.3 is 14.4 Å². The van der Waals surface area contributed by atoms with Gasteiger partial charge in [0, 0.05) is 12.6 Å². The molecule has 0 unspecified atom stereocenters. The zero-order chi connectivity index (χ0) is 23.3. The first-order valence-corrected chi connectivity index (χ1v) is 12.0. The van der Waals surface area contributed by atoms with Gasteiger partial charge in [-0.05, 0) is 74.6 Å². The van der Waals surface area contributed by atoms with E-state index in [-0.39, 0.29) is 23.3 Å². The molecule has 1 atom stereocenters. The van der Waals surface area contributed by atoms with E-state index in [9.17, 15) is 18.4 Å². The second-order valence-corrected chi connectivity index (χ2v) is 10.00. The normalized spacial score (nSPS) is 18.5. The summed E-state index contributed by atoms with van der Waals surface area (Å²) >= 11 is 1.22. The van der Waals surface area contributed by atoms with E-state index in [0.29, 0.717) is 51.8 Å². The molecule has 0 radical (unpaired) electrons. The minimum absolute atomic E-state index is 0.0512. The molecule has 0 spiro atoms. The van der Waals surface area contributed by atoms with Gasteiger partial charge in [-0.25, -0.2) is 9.78 Å². The van der Waals surface area contributed by atoms with E-state index in [1.807, 2.05) is 13.0 Å². The lowest BCUT2D eigenvalue weighted by Gasteiger charge is -2.24. The van der Waals surface area contributed by atoms with Crippen LogP contribution in [0.4, 0.5) is 18.7 Å². The lowest BCUT2D eigenvalue weighted by molar-refractivity contribution is -0.0501. The molecule has 0 bridgehead atoms. The van der Waals surface area contributed by atoms with Gasteiger partial charge in [0.25, 0.3) is 5.91 Å². The van der Waals surface area contributed by atoms with Crippen LogP contribution >= 0.6 is 11.3 Å². The number of halogens is 2. The lowest BCUT2D eigenvalue weighted by Crippen LogP contribution is -2.34. The van der Waals surface area contributed by atoms with Gasteiger partial charge in [-0.15, -0.1) is 0 Å². The molecule has 1 aromatic carbocycles. The van der Waals surface area contributed by atoms with E-state index < -0.39 is 12.7 Å². The highest BCUT2D eigenvalue weighted by molar-refractivity contribution is 7.19. The molecule has 7 nitrogen and oxygen atoms in total. The maximum absolute atomic E-state index is 13.2. The molecule has 2 aromatic rings. The number of aromatic nitrogens is 1. The van der Waals surface area contributed by atoms with Crippen LogP contribution in [0.25, 0.3) is 10.4 Å². The van der Waals surface area contributed by atoms with Crippen molar-refractivity contribution in [3.63, 3.8) is 0 Å². The number of nitrogens with one attached hydrogen (secondary N) is 1. The Labute approximate surface area is 194 Å². The molecule has 2 aliphatic carbocycles. The first kappa shape index (κ1) is 22.1. The molecule has 33 heavy (non-hydrogen) atoms.